The number of rotatable bonds is 10. The highest BCUT2D eigenvalue weighted by atomic mass is 32.2. The molecule has 2 aliphatic heterocycles. The van der Waals surface area contributed by atoms with Gasteiger partial charge in [-0.25, -0.2) is 10.4 Å². The van der Waals surface area contributed by atoms with E-state index in [1.165, 1.54) is 19.1 Å². The lowest BCUT2D eigenvalue weighted by molar-refractivity contribution is -0.138. The van der Waals surface area contributed by atoms with E-state index in [2.05, 4.69) is 28.3 Å². The molecule has 0 saturated carbocycles. The number of halogens is 3. The van der Waals surface area contributed by atoms with Crippen molar-refractivity contribution in [2.75, 3.05) is 24.7 Å². The summed E-state index contributed by atoms with van der Waals surface area (Å²) >= 11 is 1.16. The number of ether oxygens (including phenoxy) is 1. The molecule has 0 aliphatic carbocycles. The highest BCUT2D eigenvalue weighted by Crippen LogP contribution is 2.36. The van der Waals surface area contributed by atoms with Crippen molar-refractivity contribution in [1.29, 1.82) is 5.26 Å². The largest absolute Gasteiger partial charge is 0.493 e. The molecule has 2 saturated heterocycles. The molecule has 2 amide bonds. The van der Waals surface area contributed by atoms with E-state index in [0.29, 0.717) is 28.9 Å². The summed E-state index contributed by atoms with van der Waals surface area (Å²) in [5, 5.41) is 30.6. The lowest BCUT2D eigenvalue weighted by Gasteiger charge is -2.37. The van der Waals surface area contributed by atoms with Gasteiger partial charge in [0.15, 0.2) is 0 Å². The number of hydrogen-bond donors (Lipinski definition) is 5. The molecular weight excluding hydrogens is 585 g/mol. The molecule has 0 bridgehead atoms. The van der Waals surface area contributed by atoms with Gasteiger partial charge in [0.1, 0.15) is 23.6 Å². The summed E-state index contributed by atoms with van der Waals surface area (Å²) in [6.07, 6.45) is -3.51. The molecule has 0 aromatic heterocycles. The number of hydrogen-bond acceptors (Lipinski definition) is 9. The van der Waals surface area contributed by atoms with Gasteiger partial charge in [-0.05, 0) is 56.7 Å². The van der Waals surface area contributed by atoms with Gasteiger partial charge in [0.2, 0.25) is 5.91 Å². The van der Waals surface area contributed by atoms with E-state index in [-0.39, 0.29) is 35.5 Å². The number of carbonyl (C=O) groups is 2. The number of thioether (sulfide) groups is 1. The van der Waals surface area contributed by atoms with Crippen molar-refractivity contribution in [2.45, 2.75) is 74.6 Å². The molecule has 4 rings (SSSR count). The van der Waals surface area contributed by atoms with Gasteiger partial charge < -0.3 is 20.5 Å². The summed E-state index contributed by atoms with van der Waals surface area (Å²) in [7, 11) is 1.84. The summed E-state index contributed by atoms with van der Waals surface area (Å²) in [4.78, 5) is 26.7. The normalized spacial score (nSPS) is 23.6. The molecule has 10 nitrogen and oxygen atoms in total. The number of fused-ring (bicyclic) bond motifs is 1. The zero-order valence-electron chi connectivity index (χ0n) is 24.2. The maximum Gasteiger partial charge on any atom is 0.417 e. The number of carbonyl (C=O) groups excluding carboxylic acids is 2. The third-order valence-corrected chi connectivity index (χ3v) is 8.67. The standard InChI is InChI=1S/C29H35F3N6O4S/c1-5-7-21-23-24(38(4)37-21)26(39)36-25(35-23)19-13-18(10-11-22(19)42-6-2)43-15-28(3,41)27(40)34-17-9-8-16(14-33)20(12-17)29(30,31)32/h8-13,21,23-25,35,37,41H,5-7,15H2,1-4H3,(H,34,40)(H,36,39)/t21?,23?,24?,25?,28-/m0/s1. The summed E-state index contributed by atoms with van der Waals surface area (Å²) in [5.41, 5.74) is 0.138. The maximum atomic E-state index is 13.3. The first-order chi connectivity index (χ1) is 20.3. The minimum atomic E-state index is -4.79. The average Bonchev–Trinajstić information content (AvgIpc) is 3.27. The number of anilines is 1. The predicted molar refractivity (Wildman–Crippen MR) is 155 cm³/mol. The first-order valence-corrected chi connectivity index (χ1v) is 14.9. The smallest absolute Gasteiger partial charge is 0.417 e. The lowest BCUT2D eigenvalue weighted by atomic mass is 9.94. The molecule has 2 aromatic carbocycles. The number of nitrogens with zero attached hydrogens (tertiary/aromatic N) is 2. The second-order valence-corrected chi connectivity index (χ2v) is 11.8. The quantitative estimate of drug-likeness (QED) is 0.253. The van der Waals surface area contributed by atoms with Crippen LogP contribution in [0.2, 0.25) is 0 Å². The van der Waals surface area contributed by atoms with Crippen molar-refractivity contribution in [1.82, 2.24) is 21.1 Å². The fourth-order valence-electron chi connectivity index (χ4n) is 5.25. The zero-order valence-corrected chi connectivity index (χ0v) is 25.0. The Morgan fingerprint density at radius 3 is 2.63 bits per heavy atom. The van der Waals surface area contributed by atoms with Crippen LogP contribution in [0, 0.1) is 11.3 Å². The SMILES string of the molecule is CCCC1NN(C)C2C(=O)NC(c3cc(SC[C@](C)(O)C(=O)Nc4ccc(C#N)c(C(F)(F)F)c4)ccc3OCC)NC12. The van der Waals surface area contributed by atoms with Gasteiger partial charge in [-0.2, -0.15) is 18.4 Å². The van der Waals surface area contributed by atoms with E-state index in [1.54, 1.807) is 12.1 Å². The Morgan fingerprint density at radius 1 is 1.23 bits per heavy atom. The second-order valence-electron chi connectivity index (χ2n) is 10.7. The van der Waals surface area contributed by atoms with E-state index in [1.807, 2.05) is 25.0 Å². The van der Waals surface area contributed by atoms with Crippen molar-refractivity contribution >= 4 is 29.3 Å². The van der Waals surface area contributed by atoms with Crippen LogP contribution in [0.1, 0.15) is 56.5 Å². The number of aliphatic hydroxyl groups is 1. The van der Waals surface area contributed by atoms with Crippen LogP contribution in [-0.4, -0.2) is 65.1 Å². The van der Waals surface area contributed by atoms with Crippen LogP contribution in [0.15, 0.2) is 41.3 Å². The number of benzene rings is 2. The van der Waals surface area contributed by atoms with Gasteiger partial charge in [-0.15, -0.1) is 11.8 Å². The molecule has 232 valence electrons. The van der Waals surface area contributed by atoms with E-state index < -0.39 is 35.0 Å². The number of nitrogens with one attached hydrogen (secondary N) is 4. The van der Waals surface area contributed by atoms with Crippen molar-refractivity contribution < 1.29 is 32.6 Å². The summed E-state index contributed by atoms with van der Waals surface area (Å²) in [6.45, 7) is 5.60. The minimum absolute atomic E-state index is 0.0681. The van der Waals surface area contributed by atoms with Crippen molar-refractivity contribution in [3.63, 3.8) is 0 Å². The molecule has 0 radical (unpaired) electrons. The van der Waals surface area contributed by atoms with Gasteiger partial charge in [0.25, 0.3) is 5.91 Å². The summed E-state index contributed by atoms with van der Waals surface area (Å²) in [6, 6.07) is 9.18. The molecule has 0 spiro atoms. The fraction of sp³-hybridized carbons (Fsp3) is 0.483. The Kier molecular flexibility index (Phi) is 9.93. The Morgan fingerprint density at radius 2 is 1.98 bits per heavy atom. The molecule has 2 aliphatic rings. The monoisotopic (exact) mass is 620 g/mol. The molecule has 5 atom stereocenters. The number of nitriles is 1. The Hall–Kier alpha value is -3.35. The van der Waals surface area contributed by atoms with Gasteiger partial charge in [-0.3, -0.25) is 14.9 Å². The van der Waals surface area contributed by atoms with Crippen LogP contribution in [0.3, 0.4) is 0 Å². The number of hydrazine groups is 1. The molecule has 5 N–H and O–H groups in total. The van der Waals surface area contributed by atoms with Gasteiger partial charge in [-0.1, -0.05) is 13.3 Å². The van der Waals surface area contributed by atoms with Crippen LogP contribution in [0.25, 0.3) is 0 Å². The van der Waals surface area contributed by atoms with Crippen molar-refractivity contribution in [3.05, 3.63) is 53.1 Å². The van der Waals surface area contributed by atoms with Crippen LogP contribution in [-0.2, 0) is 15.8 Å². The van der Waals surface area contributed by atoms with Crippen LogP contribution >= 0.6 is 11.8 Å². The lowest BCUT2D eigenvalue weighted by Crippen LogP contribution is -2.62. The van der Waals surface area contributed by atoms with E-state index in [0.717, 1.165) is 30.7 Å². The fourth-order valence-corrected chi connectivity index (χ4v) is 6.21. The molecule has 4 unspecified atom stereocenters. The molecule has 2 fully saturated rings. The zero-order chi connectivity index (χ0) is 31.5. The topological polar surface area (TPSA) is 139 Å². The minimum Gasteiger partial charge on any atom is -0.493 e. The molecule has 2 heterocycles. The van der Waals surface area contributed by atoms with Gasteiger partial charge >= 0.3 is 6.18 Å². The number of amides is 2. The third kappa shape index (κ3) is 7.25. The first kappa shape index (κ1) is 32.6. The van der Waals surface area contributed by atoms with Crippen molar-refractivity contribution in [2.24, 2.45) is 0 Å². The predicted octanol–water partition coefficient (Wildman–Crippen LogP) is 3.53. The van der Waals surface area contributed by atoms with Gasteiger partial charge in [0.05, 0.1) is 29.8 Å². The number of alkyl halides is 3. The highest BCUT2D eigenvalue weighted by Gasteiger charge is 2.48. The Balaban J connectivity index is 1.50. The van der Waals surface area contributed by atoms with E-state index in [4.69, 9.17) is 10.00 Å². The molecule has 14 heteroatoms. The van der Waals surface area contributed by atoms with Crippen LogP contribution < -0.4 is 26.1 Å². The van der Waals surface area contributed by atoms with Crippen LogP contribution in [0.4, 0.5) is 18.9 Å². The van der Waals surface area contributed by atoms with Crippen LogP contribution in [0.5, 0.6) is 5.75 Å². The summed E-state index contributed by atoms with van der Waals surface area (Å²) in [5.74, 6) is -0.591. The van der Waals surface area contributed by atoms with E-state index in [9.17, 15) is 27.9 Å². The second kappa shape index (κ2) is 13.1. The average molecular weight is 621 g/mol. The van der Waals surface area contributed by atoms with Gasteiger partial charge in [0, 0.05) is 35.0 Å². The molecular formula is C29H35F3N6O4S. The molecule has 43 heavy (non-hydrogen) atoms. The number of likely N-dealkylation sites (N-methyl/N-ethyl adjacent to an activating group) is 1. The summed E-state index contributed by atoms with van der Waals surface area (Å²) < 4.78 is 45.9. The first-order valence-electron chi connectivity index (χ1n) is 13.9. The molecule has 2 aromatic rings. The van der Waals surface area contributed by atoms with E-state index >= 15 is 0 Å². The Labute approximate surface area is 252 Å². The highest BCUT2D eigenvalue weighted by molar-refractivity contribution is 7.99. The maximum absolute atomic E-state index is 13.3. The van der Waals surface area contributed by atoms with Crippen molar-refractivity contribution in [3.8, 4) is 11.8 Å². The third-order valence-electron chi connectivity index (χ3n) is 7.38. The Bertz CT molecular complexity index is 1400.